The van der Waals surface area contributed by atoms with Gasteiger partial charge >= 0.3 is 24.5 Å². The van der Waals surface area contributed by atoms with Crippen LogP contribution in [0.25, 0.3) is 0 Å². The summed E-state index contributed by atoms with van der Waals surface area (Å²) < 4.78 is 99.3. The molecule has 3 atom stereocenters. The van der Waals surface area contributed by atoms with Gasteiger partial charge in [0.15, 0.2) is 0 Å². The fourth-order valence-electron chi connectivity index (χ4n) is 5.86. The largest absolute Gasteiger partial charge is 0.510 e. The predicted molar refractivity (Wildman–Crippen MR) is 175 cm³/mol. The van der Waals surface area contributed by atoms with E-state index in [0.717, 1.165) is 0 Å². The lowest BCUT2D eigenvalue weighted by atomic mass is 9.74. The molecule has 0 saturated carbocycles. The molecular formula is C37H40F6N2O6. The van der Waals surface area contributed by atoms with Gasteiger partial charge in [0, 0.05) is 0 Å². The lowest BCUT2D eigenvalue weighted by molar-refractivity contribution is -0.143. The predicted octanol–water partition coefficient (Wildman–Crippen LogP) is 9.47. The Morgan fingerprint density at radius 2 is 1.45 bits per heavy atom. The molecule has 1 aliphatic rings. The summed E-state index contributed by atoms with van der Waals surface area (Å²) in [5, 5.41) is 13.6. The number of likely N-dealkylation sites (tertiary alicyclic amines) is 1. The van der Waals surface area contributed by atoms with Gasteiger partial charge in [-0.25, -0.2) is 9.59 Å². The first kappa shape index (κ1) is 39.1. The number of benzene rings is 3. The van der Waals surface area contributed by atoms with Gasteiger partial charge in [0.25, 0.3) is 0 Å². The Hall–Kier alpha value is -4.72. The number of nitrogens with one attached hydrogen (secondary N) is 1. The number of rotatable bonds is 9. The number of hydrogen-bond acceptors (Lipinski definition) is 6. The number of nitrogens with zero attached hydrogens (tertiary/aromatic N) is 1. The molecule has 0 radical (unpaired) electrons. The van der Waals surface area contributed by atoms with E-state index in [0.29, 0.717) is 23.3 Å². The molecule has 14 heteroatoms. The third-order valence-corrected chi connectivity index (χ3v) is 8.59. The summed E-state index contributed by atoms with van der Waals surface area (Å²) in [6.07, 6.45) is -13.4. The van der Waals surface area contributed by atoms with Gasteiger partial charge in [0.05, 0.1) is 35.9 Å². The third-order valence-electron chi connectivity index (χ3n) is 8.59. The van der Waals surface area contributed by atoms with Crippen LogP contribution in [-0.2, 0) is 38.7 Å². The van der Waals surface area contributed by atoms with Crippen molar-refractivity contribution >= 4 is 12.2 Å². The molecule has 3 aromatic carbocycles. The van der Waals surface area contributed by atoms with Crippen LogP contribution in [0.1, 0.15) is 74.5 Å². The van der Waals surface area contributed by atoms with Crippen LogP contribution in [0.15, 0.2) is 91.2 Å². The normalized spacial score (nSPS) is 20.3. The molecule has 0 bridgehead atoms. The fraction of sp³-hybridized carbons (Fsp3) is 0.405. The molecule has 2 unspecified atom stereocenters. The summed E-state index contributed by atoms with van der Waals surface area (Å²) in [6.45, 7) is 8.87. The average molecular weight is 723 g/mol. The van der Waals surface area contributed by atoms with Crippen molar-refractivity contribution < 1.29 is 55.2 Å². The molecular weight excluding hydrogens is 682 g/mol. The first-order valence-electron chi connectivity index (χ1n) is 16.0. The van der Waals surface area contributed by atoms with E-state index in [4.69, 9.17) is 14.2 Å². The maximum atomic E-state index is 14.2. The summed E-state index contributed by atoms with van der Waals surface area (Å²) in [4.78, 5) is 28.4. The van der Waals surface area contributed by atoms with Crippen LogP contribution in [0.3, 0.4) is 0 Å². The van der Waals surface area contributed by atoms with Gasteiger partial charge in [0.2, 0.25) is 0 Å². The Bertz CT molecular complexity index is 1660. The number of alkyl carbamates (subject to hydrolysis) is 1. The average Bonchev–Trinajstić information content (AvgIpc) is 3.05. The highest BCUT2D eigenvalue weighted by atomic mass is 19.4. The van der Waals surface area contributed by atoms with Crippen LogP contribution in [0.2, 0.25) is 0 Å². The minimum Gasteiger partial charge on any atom is -0.510 e. The topological polar surface area (TPSA) is 97.3 Å². The highest BCUT2D eigenvalue weighted by Crippen LogP contribution is 2.45. The van der Waals surface area contributed by atoms with Crippen molar-refractivity contribution in [1.82, 2.24) is 10.2 Å². The van der Waals surface area contributed by atoms with Gasteiger partial charge in [-0.3, -0.25) is 4.90 Å². The maximum Gasteiger partial charge on any atom is 0.416 e. The molecule has 51 heavy (non-hydrogen) atoms. The number of aliphatic hydroxyl groups is 1. The molecule has 3 aromatic rings. The first-order chi connectivity index (χ1) is 23.7. The lowest BCUT2D eigenvalue weighted by Gasteiger charge is -2.53. The number of halogens is 6. The Balaban J connectivity index is 1.78. The molecule has 0 spiro atoms. The van der Waals surface area contributed by atoms with Gasteiger partial charge in [-0.1, -0.05) is 67.2 Å². The van der Waals surface area contributed by atoms with Crippen molar-refractivity contribution in [3.63, 3.8) is 0 Å². The second-order valence-electron chi connectivity index (χ2n) is 13.5. The Morgan fingerprint density at radius 1 is 0.902 bits per heavy atom. The summed E-state index contributed by atoms with van der Waals surface area (Å²) in [6, 6.07) is 18.4. The number of amides is 2. The van der Waals surface area contributed by atoms with E-state index in [1.54, 1.807) is 81.4 Å². The molecule has 1 saturated heterocycles. The summed E-state index contributed by atoms with van der Waals surface area (Å²) >= 11 is 0. The van der Waals surface area contributed by atoms with E-state index >= 15 is 0 Å². The smallest absolute Gasteiger partial charge is 0.416 e. The number of piperidine rings is 1. The molecule has 4 rings (SSSR count). The number of aliphatic hydroxyl groups excluding tert-OH is 1. The maximum absolute atomic E-state index is 14.2. The van der Waals surface area contributed by atoms with E-state index in [-0.39, 0.29) is 31.1 Å². The Morgan fingerprint density at radius 3 is 1.96 bits per heavy atom. The number of alkyl halides is 6. The first-order valence-corrected chi connectivity index (χ1v) is 16.0. The third kappa shape index (κ3) is 9.54. The van der Waals surface area contributed by atoms with Gasteiger partial charge < -0.3 is 24.6 Å². The standard InChI is InChI=1S/C37H40F6N2O6/c1-24(27-18-29(36(38,39)40)20-30(19-27)37(41,42)43)50-23-35(28-14-10-7-11-15-28)17-16-34(25(2)46,44-31(47)51-33(3,4)5)22-45(35)32(48)49-21-26-12-8-6-9-13-26/h6-15,18-20,24,46H,2,16-17,21-23H2,1,3-5H3,(H,44,47)/t24?,34?,35-/m1/s1. The van der Waals surface area contributed by atoms with Crippen LogP contribution in [0.5, 0.6) is 0 Å². The van der Waals surface area contributed by atoms with Crippen LogP contribution in [0, 0.1) is 0 Å². The molecule has 0 aliphatic carbocycles. The monoisotopic (exact) mass is 722 g/mol. The van der Waals surface area contributed by atoms with Gasteiger partial charge in [-0.15, -0.1) is 0 Å². The molecule has 2 N–H and O–H groups in total. The highest BCUT2D eigenvalue weighted by molar-refractivity contribution is 5.72. The van der Waals surface area contributed by atoms with Gasteiger partial charge in [-0.05, 0) is 75.4 Å². The molecule has 276 valence electrons. The van der Waals surface area contributed by atoms with E-state index in [1.165, 1.54) is 11.8 Å². The second-order valence-corrected chi connectivity index (χ2v) is 13.5. The zero-order chi connectivity index (χ0) is 37.8. The van der Waals surface area contributed by atoms with E-state index in [2.05, 4.69) is 11.9 Å². The molecule has 8 nitrogen and oxygen atoms in total. The van der Waals surface area contributed by atoms with Crippen LogP contribution in [0.4, 0.5) is 35.9 Å². The van der Waals surface area contributed by atoms with E-state index in [1.807, 2.05) is 0 Å². The van der Waals surface area contributed by atoms with Crippen LogP contribution in [-0.4, -0.2) is 46.5 Å². The SMILES string of the molecule is C=C(O)C1(NC(=O)OC(C)(C)C)CC[C@@](COC(C)c2cc(C(F)(F)F)cc(C(F)(F)F)c2)(c2ccccc2)N(C(=O)OCc2ccccc2)C1. The molecule has 1 fully saturated rings. The van der Waals surface area contributed by atoms with Crippen molar-refractivity contribution in [1.29, 1.82) is 0 Å². The van der Waals surface area contributed by atoms with Crippen molar-refractivity contribution in [3.05, 3.63) is 119 Å². The molecule has 1 heterocycles. The van der Waals surface area contributed by atoms with Crippen molar-refractivity contribution in [2.45, 2.75) is 82.3 Å². The van der Waals surface area contributed by atoms with Crippen molar-refractivity contribution in [3.8, 4) is 0 Å². The number of carbonyl (C=O) groups is 2. The Labute approximate surface area is 292 Å². The Kier molecular flexibility index (Phi) is 11.4. The minimum atomic E-state index is -5.07. The highest BCUT2D eigenvalue weighted by Gasteiger charge is 2.54. The van der Waals surface area contributed by atoms with E-state index < -0.39 is 77.4 Å². The number of carbonyl (C=O) groups excluding carboxylic acids is 2. The number of ether oxygens (including phenoxy) is 3. The number of hydrogen-bond donors (Lipinski definition) is 2. The second kappa shape index (κ2) is 14.9. The van der Waals surface area contributed by atoms with Gasteiger partial charge in [0.1, 0.15) is 23.5 Å². The molecule has 2 amide bonds. The van der Waals surface area contributed by atoms with Crippen LogP contribution >= 0.6 is 0 Å². The zero-order valence-electron chi connectivity index (χ0n) is 28.5. The lowest BCUT2D eigenvalue weighted by Crippen LogP contribution is -2.67. The molecule has 1 aliphatic heterocycles. The van der Waals surface area contributed by atoms with Gasteiger partial charge in [-0.2, -0.15) is 26.3 Å². The summed E-state index contributed by atoms with van der Waals surface area (Å²) in [5.74, 6) is -0.492. The van der Waals surface area contributed by atoms with E-state index in [9.17, 15) is 41.0 Å². The minimum absolute atomic E-state index is 0.0340. The van der Waals surface area contributed by atoms with Crippen molar-refractivity contribution in [2.24, 2.45) is 0 Å². The zero-order valence-corrected chi connectivity index (χ0v) is 28.5. The summed E-state index contributed by atoms with van der Waals surface area (Å²) in [5.41, 5.74) is -6.28. The van der Waals surface area contributed by atoms with Crippen LogP contribution < -0.4 is 5.32 Å². The van der Waals surface area contributed by atoms with Crippen molar-refractivity contribution in [2.75, 3.05) is 13.2 Å². The fourth-order valence-corrected chi connectivity index (χ4v) is 5.86. The quantitative estimate of drug-likeness (QED) is 0.169. The molecule has 0 aromatic heterocycles. The summed E-state index contributed by atoms with van der Waals surface area (Å²) in [7, 11) is 0.